The molecule has 13 heavy (non-hydrogen) atoms. The fourth-order valence-electron chi connectivity index (χ4n) is 2.13. The monoisotopic (exact) mass is 181 g/mol. The number of aromatic nitrogens is 3. The number of nitrogens with zero attached hydrogens (tertiary/aromatic N) is 2. The first kappa shape index (κ1) is 8.53. The van der Waals surface area contributed by atoms with Crippen molar-refractivity contribution in [2.24, 2.45) is 0 Å². The minimum atomic E-state index is -0.0382. The molecule has 4 heteroatoms. The number of hydrogen-bond donors (Lipinski definition) is 1. The van der Waals surface area contributed by atoms with Gasteiger partial charge in [-0.25, -0.2) is 9.89 Å². The van der Waals surface area contributed by atoms with Gasteiger partial charge in [0, 0.05) is 12.5 Å². The van der Waals surface area contributed by atoms with E-state index in [0.717, 1.165) is 25.1 Å². The molecule has 0 aliphatic heterocycles. The van der Waals surface area contributed by atoms with Gasteiger partial charge in [-0.05, 0) is 12.8 Å². The molecule has 1 heterocycles. The Labute approximate surface area is 77.0 Å². The lowest BCUT2D eigenvalue weighted by atomic mass is 10.2. The van der Waals surface area contributed by atoms with Crippen LogP contribution in [0.2, 0.25) is 0 Å². The number of rotatable bonds is 2. The third-order valence-corrected chi connectivity index (χ3v) is 2.78. The highest BCUT2D eigenvalue weighted by atomic mass is 16.1. The van der Waals surface area contributed by atoms with Crippen LogP contribution >= 0.6 is 0 Å². The van der Waals surface area contributed by atoms with E-state index in [9.17, 15) is 4.79 Å². The largest absolute Gasteiger partial charge is 0.343 e. The second kappa shape index (κ2) is 3.36. The van der Waals surface area contributed by atoms with E-state index in [2.05, 4.69) is 10.2 Å². The maximum Gasteiger partial charge on any atom is 0.343 e. The van der Waals surface area contributed by atoms with Gasteiger partial charge < -0.3 is 0 Å². The van der Waals surface area contributed by atoms with Gasteiger partial charge >= 0.3 is 5.69 Å². The van der Waals surface area contributed by atoms with Crippen molar-refractivity contribution in [1.29, 1.82) is 0 Å². The normalized spacial score (nSPS) is 18.2. The minimum Gasteiger partial charge on any atom is -0.276 e. The van der Waals surface area contributed by atoms with Gasteiger partial charge in [-0.2, -0.15) is 5.10 Å². The van der Waals surface area contributed by atoms with Gasteiger partial charge in [0.05, 0.1) is 0 Å². The van der Waals surface area contributed by atoms with Crippen LogP contribution in [0, 0.1) is 0 Å². The molecule has 1 saturated carbocycles. The molecular formula is C9H15N3O. The average Bonchev–Trinajstić information content (AvgIpc) is 2.72. The number of H-pyrrole nitrogens is 1. The maximum absolute atomic E-state index is 11.4. The molecule has 1 fully saturated rings. The van der Waals surface area contributed by atoms with Crippen LogP contribution in [0.5, 0.6) is 0 Å². The van der Waals surface area contributed by atoms with Crippen LogP contribution < -0.4 is 5.69 Å². The van der Waals surface area contributed by atoms with Crippen molar-refractivity contribution in [1.82, 2.24) is 14.8 Å². The zero-order valence-corrected chi connectivity index (χ0v) is 7.92. The number of hydrogen-bond acceptors (Lipinski definition) is 2. The molecule has 2 rings (SSSR count). The zero-order valence-electron chi connectivity index (χ0n) is 7.92. The first-order valence-electron chi connectivity index (χ1n) is 4.98. The molecule has 0 unspecified atom stereocenters. The van der Waals surface area contributed by atoms with Gasteiger partial charge in [-0.15, -0.1) is 0 Å². The summed E-state index contributed by atoms with van der Waals surface area (Å²) in [5.41, 5.74) is -0.0382. The molecule has 1 aliphatic carbocycles. The highest BCUT2D eigenvalue weighted by molar-refractivity contribution is 4.90. The molecule has 1 aromatic rings. The first-order chi connectivity index (χ1) is 6.33. The summed E-state index contributed by atoms with van der Waals surface area (Å²) in [6, 6.07) is 0.404. The van der Waals surface area contributed by atoms with Crippen LogP contribution in [0.1, 0.15) is 44.5 Å². The zero-order chi connectivity index (χ0) is 9.26. The Bertz CT molecular complexity index is 333. The maximum atomic E-state index is 11.4. The quantitative estimate of drug-likeness (QED) is 0.746. The third-order valence-electron chi connectivity index (χ3n) is 2.78. The molecule has 0 aromatic carbocycles. The topological polar surface area (TPSA) is 50.7 Å². The van der Waals surface area contributed by atoms with Crippen molar-refractivity contribution in [3.63, 3.8) is 0 Å². The molecule has 72 valence electrons. The fourth-order valence-corrected chi connectivity index (χ4v) is 2.13. The van der Waals surface area contributed by atoms with Crippen molar-refractivity contribution in [3.8, 4) is 0 Å². The van der Waals surface area contributed by atoms with Crippen molar-refractivity contribution in [2.45, 2.75) is 45.1 Å². The van der Waals surface area contributed by atoms with Crippen LogP contribution in [-0.2, 0) is 6.42 Å². The van der Waals surface area contributed by atoms with E-state index in [4.69, 9.17) is 0 Å². The summed E-state index contributed by atoms with van der Waals surface area (Å²) < 4.78 is 1.84. The molecule has 1 aliphatic rings. The molecule has 1 N–H and O–H groups in total. The predicted octanol–water partition coefficient (Wildman–Crippen LogP) is 1.25. The average molecular weight is 181 g/mol. The van der Waals surface area contributed by atoms with Crippen LogP contribution in [0.4, 0.5) is 0 Å². The molecule has 0 saturated heterocycles. The summed E-state index contributed by atoms with van der Waals surface area (Å²) in [7, 11) is 0. The van der Waals surface area contributed by atoms with E-state index in [1.54, 1.807) is 0 Å². The van der Waals surface area contributed by atoms with E-state index >= 15 is 0 Å². The molecular weight excluding hydrogens is 166 g/mol. The van der Waals surface area contributed by atoms with Crippen molar-refractivity contribution < 1.29 is 0 Å². The van der Waals surface area contributed by atoms with Crippen LogP contribution in [0.15, 0.2) is 4.79 Å². The lowest BCUT2D eigenvalue weighted by Gasteiger charge is -2.11. The lowest BCUT2D eigenvalue weighted by molar-refractivity contribution is 0.486. The number of aromatic amines is 1. The first-order valence-corrected chi connectivity index (χ1v) is 4.98. The van der Waals surface area contributed by atoms with Crippen LogP contribution in [-0.4, -0.2) is 14.8 Å². The molecule has 0 amide bonds. The number of nitrogens with one attached hydrogen (secondary N) is 1. The highest BCUT2D eigenvalue weighted by Crippen LogP contribution is 2.28. The van der Waals surface area contributed by atoms with E-state index in [-0.39, 0.29) is 5.69 Å². The smallest absolute Gasteiger partial charge is 0.276 e. The Hall–Kier alpha value is -1.06. The predicted molar refractivity (Wildman–Crippen MR) is 49.7 cm³/mol. The standard InChI is InChI=1S/C9H15N3O/c1-2-8-10-11-9(13)12(8)7-5-3-4-6-7/h7H,2-6H2,1H3,(H,11,13). The minimum absolute atomic E-state index is 0.0382. The van der Waals surface area contributed by atoms with Gasteiger partial charge in [-0.3, -0.25) is 4.57 Å². The summed E-state index contributed by atoms with van der Waals surface area (Å²) in [6.07, 6.45) is 5.57. The van der Waals surface area contributed by atoms with Gasteiger partial charge in [-0.1, -0.05) is 19.8 Å². The summed E-state index contributed by atoms with van der Waals surface area (Å²) in [5.74, 6) is 0.900. The third kappa shape index (κ3) is 1.41. The van der Waals surface area contributed by atoms with E-state index < -0.39 is 0 Å². The van der Waals surface area contributed by atoms with E-state index in [1.807, 2.05) is 11.5 Å². The molecule has 4 nitrogen and oxygen atoms in total. The lowest BCUT2D eigenvalue weighted by Crippen LogP contribution is -2.22. The molecule has 0 radical (unpaired) electrons. The summed E-state index contributed by atoms with van der Waals surface area (Å²) in [4.78, 5) is 11.4. The molecule has 0 bridgehead atoms. The highest BCUT2D eigenvalue weighted by Gasteiger charge is 2.21. The Kier molecular flexibility index (Phi) is 2.20. The Balaban J connectivity index is 2.36. The summed E-state index contributed by atoms with van der Waals surface area (Å²) in [6.45, 7) is 2.03. The molecule has 1 aromatic heterocycles. The van der Waals surface area contributed by atoms with E-state index in [0.29, 0.717) is 6.04 Å². The number of aryl methyl sites for hydroxylation is 1. The van der Waals surface area contributed by atoms with Crippen molar-refractivity contribution >= 4 is 0 Å². The van der Waals surface area contributed by atoms with Crippen LogP contribution in [0.3, 0.4) is 0 Å². The van der Waals surface area contributed by atoms with Gasteiger partial charge in [0.25, 0.3) is 0 Å². The van der Waals surface area contributed by atoms with Crippen molar-refractivity contribution in [2.75, 3.05) is 0 Å². The van der Waals surface area contributed by atoms with Crippen LogP contribution in [0.25, 0.3) is 0 Å². The Morgan fingerprint density at radius 1 is 1.54 bits per heavy atom. The Morgan fingerprint density at radius 3 is 2.85 bits per heavy atom. The van der Waals surface area contributed by atoms with Gasteiger partial charge in [0.2, 0.25) is 0 Å². The summed E-state index contributed by atoms with van der Waals surface area (Å²) in [5, 5.41) is 6.53. The van der Waals surface area contributed by atoms with Crippen molar-refractivity contribution in [3.05, 3.63) is 16.3 Å². The second-order valence-corrected chi connectivity index (χ2v) is 3.61. The Morgan fingerprint density at radius 2 is 2.23 bits per heavy atom. The fraction of sp³-hybridized carbons (Fsp3) is 0.778. The van der Waals surface area contributed by atoms with Gasteiger partial charge in [0.1, 0.15) is 5.82 Å². The molecule has 0 atom stereocenters. The van der Waals surface area contributed by atoms with E-state index in [1.165, 1.54) is 12.8 Å². The SMILES string of the molecule is CCc1n[nH]c(=O)n1C1CCCC1. The molecule has 0 spiro atoms. The second-order valence-electron chi connectivity index (χ2n) is 3.61. The summed E-state index contributed by atoms with van der Waals surface area (Å²) >= 11 is 0. The van der Waals surface area contributed by atoms with Gasteiger partial charge in [0.15, 0.2) is 0 Å².